The maximum absolute atomic E-state index is 5.41. The predicted octanol–water partition coefficient (Wildman–Crippen LogP) is -0.0620. The van der Waals surface area contributed by atoms with Crippen LogP contribution < -0.4 is 11.3 Å². The Bertz CT molecular complexity index is 178. The first-order chi connectivity index (χ1) is 6.88. The normalized spacial score (nSPS) is 17.6. The van der Waals surface area contributed by atoms with E-state index in [1.165, 1.54) is 12.8 Å². The standard InChI is InChI=1S/C9H20N4O/c1-14-8-4-5-11-9(12-10)13-6-2-3-7-13/h2-8,10H2,1H3,(H,11,12). The van der Waals surface area contributed by atoms with Gasteiger partial charge in [0.05, 0.1) is 0 Å². The van der Waals surface area contributed by atoms with Crippen LogP contribution in [-0.4, -0.2) is 44.2 Å². The Kier molecular flexibility index (Phi) is 5.32. The minimum absolute atomic E-state index is 0.751. The average molecular weight is 200 g/mol. The van der Waals surface area contributed by atoms with Crippen molar-refractivity contribution in [3.05, 3.63) is 0 Å². The van der Waals surface area contributed by atoms with Crippen LogP contribution in [0.15, 0.2) is 4.99 Å². The molecule has 0 radical (unpaired) electrons. The van der Waals surface area contributed by atoms with Crippen molar-refractivity contribution in [3.8, 4) is 0 Å². The molecule has 14 heavy (non-hydrogen) atoms. The molecule has 0 aliphatic carbocycles. The Morgan fingerprint density at radius 3 is 2.79 bits per heavy atom. The smallest absolute Gasteiger partial charge is 0.208 e. The van der Waals surface area contributed by atoms with E-state index in [0.717, 1.165) is 38.6 Å². The lowest BCUT2D eigenvalue weighted by atomic mass is 10.4. The molecule has 0 spiro atoms. The number of hydrogen-bond acceptors (Lipinski definition) is 3. The first-order valence-electron chi connectivity index (χ1n) is 5.13. The zero-order valence-corrected chi connectivity index (χ0v) is 8.83. The lowest BCUT2D eigenvalue weighted by Gasteiger charge is -2.18. The number of hydrazine groups is 1. The summed E-state index contributed by atoms with van der Waals surface area (Å²) in [5.41, 5.74) is 2.66. The zero-order chi connectivity index (χ0) is 10.2. The first-order valence-corrected chi connectivity index (χ1v) is 5.13. The van der Waals surface area contributed by atoms with Gasteiger partial charge in [-0.05, 0) is 19.3 Å². The van der Waals surface area contributed by atoms with E-state index in [1.54, 1.807) is 7.11 Å². The highest BCUT2D eigenvalue weighted by molar-refractivity contribution is 5.79. The van der Waals surface area contributed by atoms with E-state index in [2.05, 4.69) is 15.3 Å². The maximum atomic E-state index is 5.41. The second kappa shape index (κ2) is 6.62. The van der Waals surface area contributed by atoms with Gasteiger partial charge in [0.1, 0.15) is 0 Å². The summed E-state index contributed by atoms with van der Waals surface area (Å²) in [7, 11) is 1.70. The van der Waals surface area contributed by atoms with Crippen LogP contribution in [-0.2, 0) is 4.74 Å². The van der Waals surface area contributed by atoms with E-state index in [9.17, 15) is 0 Å². The summed E-state index contributed by atoms with van der Waals surface area (Å²) in [6.45, 7) is 3.64. The quantitative estimate of drug-likeness (QED) is 0.219. The van der Waals surface area contributed by atoms with Gasteiger partial charge in [0, 0.05) is 33.4 Å². The number of nitrogens with one attached hydrogen (secondary N) is 1. The molecule has 1 saturated heterocycles. The van der Waals surface area contributed by atoms with Gasteiger partial charge < -0.3 is 9.64 Å². The molecule has 1 rings (SSSR count). The van der Waals surface area contributed by atoms with E-state index in [4.69, 9.17) is 10.6 Å². The fourth-order valence-electron chi connectivity index (χ4n) is 1.56. The topological polar surface area (TPSA) is 62.9 Å². The molecule has 0 atom stereocenters. The number of methoxy groups -OCH3 is 1. The molecule has 82 valence electrons. The van der Waals surface area contributed by atoms with Crippen molar-refractivity contribution >= 4 is 5.96 Å². The number of nitrogens with two attached hydrogens (primary N) is 1. The molecule has 1 fully saturated rings. The number of nitrogens with zero attached hydrogens (tertiary/aromatic N) is 2. The van der Waals surface area contributed by atoms with E-state index in [-0.39, 0.29) is 0 Å². The summed E-state index contributed by atoms with van der Waals surface area (Å²) in [5.74, 6) is 6.23. The summed E-state index contributed by atoms with van der Waals surface area (Å²) < 4.78 is 4.95. The molecule has 3 N–H and O–H groups in total. The van der Waals surface area contributed by atoms with Crippen molar-refractivity contribution in [1.29, 1.82) is 0 Å². The molecule has 5 nitrogen and oxygen atoms in total. The van der Waals surface area contributed by atoms with Crippen molar-refractivity contribution in [2.45, 2.75) is 19.3 Å². The largest absolute Gasteiger partial charge is 0.385 e. The molecule has 1 aliphatic heterocycles. The van der Waals surface area contributed by atoms with Crippen molar-refractivity contribution in [1.82, 2.24) is 10.3 Å². The molecule has 0 aromatic carbocycles. The third-order valence-corrected chi connectivity index (χ3v) is 2.30. The maximum Gasteiger partial charge on any atom is 0.208 e. The molecule has 0 unspecified atom stereocenters. The molecular weight excluding hydrogens is 180 g/mol. The van der Waals surface area contributed by atoms with Crippen LogP contribution in [0.25, 0.3) is 0 Å². The highest BCUT2D eigenvalue weighted by atomic mass is 16.5. The van der Waals surface area contributed by atoms with Gasteiger partial charge in [-0.1, -0.05) is 0 Å². The third-order valence-electron chi connectivity index (χ3n) is 2.30. The minimum atomic E-state index is 0.751. The second-order valence-electron chi connectivity index (χ2n) is 3.39. The van der Waals surface area contributed by atoms with Gasteiger partial charge in [-0.3, -0.25) is 10.4 Å². The van der Waals surface area contributed by atoms with Gasteiger partial charge in [-0.2, -0.15) is 0 Å². The number of ether oxygens (including phenoxy) is 1. The summed E-state index contributed by atoms with van der Waals surface area (Å²) in [4.78, 5) is 6.58. The minimum Gasteiger partial charge on any atom is -0.385 e. The number of hydrogen-bond donors (Lipinski definition) is 2. The molecule has 0 aromatic heterocycles. The van der Waals surface area contributed by atoms with Crippen LogP contribution in [0, 0.1) is 0 Å². The van der Waals surface area contributed by atoms with E-state index in [0.29, 0.717) is 0 Å². The highest BCUT2D eigenvalue weighted by Crippen LogP contribution is 2.06. The number of guanidine groups is 1. The van der Waals surface area contributed by atoms with Crippen LogP contribution in [0.2, 0.25) is 0 Å². The van der Waals surface area contributed by atoms with Gasteiger partial charge in [-0.25, -0.2) is 5.84 Å². The van der Waals surface area contributed by atoms with Gasteiger partial charge in [0.15, 0.2) is 0 Å². The van der Waals surface area contributed by atoms with Crippen molar-refractivity contribution in [2.24, 2.45) is 10.8 Å². The van der Waals surface area contributed by atoms with E-state index >= 15 is 0 Å². The van der Waals surface area contributed by atoms with Gasteiger partial charge in [0.2, 0.25) is 5.96 Å². The van der Waals surface area contributed by atoms with Gasteiger partial charge in [0.25, 0.3) is 0 Å². The first kappa shape index (κ1) is 11.3. The van der Waals surface area contributed by atoms with Crippen LogP contribution in [0.3, 0.4) is 0 Å². The Labute approximate surface area is 85.3 Å². The average Bonchev–Trinajstić information content (AvgIpc) is 2.71. The van der Waals surface area contributed by atoms with Gasteiger partial charge in [-0.15, -0.1) is 0 Å². The summed E-state index contributed by atoms with van der Waals surface area (Å²) in [6, 6.07) is 0. The fraction of sp³-hybridized carbons (Fsp3) is 0.889. The summed E-state index contributed by atoms with van der Waals surface area (Å²) in [6.07, 6.45) is 3.41. The molecule has 0 saturated carbocycles. The Balaban J connectivity index is 2.28. The predicted molar refractivity (Wildman–Crippen MR) is 56.9 cm³/mol. The number of likely N-dealkylation sites (tertiary alicyclic amines) is 1. The van der Waals surface area contributed by atoms with Crippen LogP contribution >= 0.6 is 0 Å². The molecule has 0 amide bonds. The fourth-order valence-corrected chi connectivity index (χ4v) is 1.56. The summed E-state index contributed by atoms with van der Waals surface area (Å²) >= 11 is 0. The van der Waals surface area contributed by atoms with Crippen molar-refractivity contribution in [3.63, 3.8) is 0 Å². The summed E-state index contributed by atoms with van der Waals surface area (Å²) in [5, 5.41) is 0. The Morgan fingerprint density at radius 1 is 1.50 bits per heavy atom. The Hall–Kier alpha value is -0.810. The molecule has 0 bridgehead atoms. The van der Waals surface area contributed by atoms with Crippen LogP contribution in [0.1, 0.15) is 19.3 Å². The number of aliphatic imine (C=N–C) groups is 1. The van der Waals surface area contributed by atoms with Crippen LogP contribution in [0.4, 0.5) is 0 Å². The van der Waals surface area contributed by atoms with E-state index in [1.807, 2.05) is 0 Å². The lowest BCUT2D eigenvalue weighted by Crippen LogP contribution is -2.43. The molecule has 1 heterocycles. The number of rotatable bonds is 4. The SMILES string of the molecule is COCCCN=C(NN)N1CCCC1. The molecule has 1 aliphatic rings. The third kappa shape index (κ3) is 3.51. The molecule has 5 heteroatoms. The van der Waals surface area contributed by atoms with Crippen molar-refractivity contribution < 1.29 is 4.74 Å². The zero-order valence-electron chi connectivity index (χ0n) is 8.83. The van der Waals surface area contributed by atoms with Gasteiger partial charge >= 0.3 is 0 Å². The van der Waals surface area contributed by atoms with Crippen molar-refractivity contribution in [2.75, 3.05) is 33.4 Å². The monoisotopic (exact) mass is 200 g/mol. The molecular formula is C9H20N4O. The Morgan fingerprint density at radius 2 is 2.21 bits per heavy atom. The molecule has 0 aromatic rings. The van der Waals surface area contributed by atoms with E-state index < -0.39 is 0 Å². The van der Waals surface area contributed by atoms with Crippen LogP contribution in [0.5, 0.6) is 0 Å². The highest BCUT2D eigenvalue weighted by Gasteiger charge is 2.14. The lowest BCUT2D eigenvalue weighted by molar-refractivity contribution is 0.197. The second-order valence-corrected chi connectivity index (χ2v) is 3.39.